The van der Waals surface area contributed by atoms with Gasteiger partial charge >= 0.3 is 12.4 Å². The number of thiophene rings is 1. The van der Waals surface area contributed by atoms with E-state index in [1.807, 2.05) is 52.7 Å². The summed E-state index contributed by atoms with van der Waals surface area (Å²) in [4.78, 5) is 35.6. The summed E-state index contributed by atoms with van der Waals surface area (Å²) in [7, 11) is 0. The third-order valence-electron chi connectivity index (χ3n) is 9.96. The van der Waals surface area contributed by atoms with E-state index in [9.17, 15) is 35.9 Å². The molecule has 2 amide bonds. The zero-order valence-corrected chi connectivity index (χ0v) is 27.2. The molecule has 2 unspecified atom stereocenters. The first-order valence-electron chi connectivity index (χ1n) is 16.3. The number of piperazine rings is 1. The molecule has 1 aromatic heterocycles. The fourth-order valence-corrected chi connectivity index (χ4v) is 8.10. The average Bonchev–Trinajstić information content (AvgIpc) is 3.63. The second-order valence-electron chi connectivity index (χ2n) is 12.9. The maximum absolute atomic E-state index is 13.7. The van der Waals surface area contributed by atoms with Gasteiger partial charge in [0.25, 0.3) is 11.8 Å². The molecule has 2 atom stereocenters. The van der Waals surface area contributed by atoms with E-state index < -0.39 is 41.0 Å². The van der Waals surface area contributed by atoms with Crippen molar-refractivity contribution in [2.75, 3.05) is 45.8 Å². The average molecular weight is 693 g/mol. The Hall–Kier alpha value is -3.42. The van der Waals surface area contributed by atoms with Crippen molar-refractivity contribution in [1.29, 1.82) is 0 Å². The van der Waals surface area contributed by atoms with Crippen LogP contribution in [-0.4, -0.2) is 95.4 Å². The van der Waals surface area contributed by atoms with Gasteiger partial charge in [0, 0.05) is 69.5 Å². The molecular weight excluding hydrogens is 654 g/mol. The van der Waals surface area contributed by atoms with Gasteiger partial charge in [-0.2, -0.15) is 26.3 Å². The number of alkyl halides is 6. The minimum absolute atomic E-state index is 0.0537. The van der Waals surface area contributed by atoms with Crippen LogP contribution in [-0.2, 0) is 18.8 Å². The molecule has 3 aliphatic rings. The molecule has 6 nitrogen and oxygen atoms in total. The number of rotatable bonds is 6. The second kappa shape index (κ2) is 14.2. The molecule has 0 spiro atoms. The van der Waals surface area contributed by atoms with E-state index in [1.54, 1.807) is 0 Å². The number of piperidine rings is 2. The van der Waals surface area contributed by atoms with Gasteiger partial charge in [-0.15, -0.1) is 11.3 Å². The van der Waals surface area contributed by atoms with Gasteiger partial charge < -0.3 is 9.80 Å². The van der Waals surface area contributed by atoms with Crippen molar-refractivity contribution in [1.82, 2.24) is 19.6 Å². The van der Waals surface area contributed by atoms with Crippen LogP contribution in [0.4, 0.5) is 26.3 Å². The Labute approximate surface area is 279 Å². The molecule has 3 fully saturated rings. The molecule has 0 aliphatic carbocycles. The van der Waals surface area contributed by atoms with Crippen LogP contribution in [0.25, 0.3) is 0 Å². The lowest BCUT2D eigenvalue weighted by atomic mass is 9.90. The lowest BCUT2D eigenvalue weighted by molar-refractivity contribution is -0.143. The lowest BCUT2D eigenvalue weighted by Gasteiger charge is -2.48. The first-order valence-corrected chi connectivity index (χ1v) is 17.2. The van der Waals surface area contributed by atoms with E-state index in [-0.39, 0.29) is 24.6 Å². The summed E-state index contributed by atoms with van der Waals surface area (Å²) in [5.41, 5.74) is -2.65. The van der Waals surface area contributed by atoms with Gasteiger partial charge in [-0.05, 0) is 67.3 Å². The standard InChI is InChI=1S/C35H38F6N4O2S/c36-34(37,38)26-20-25(21-27(22-26)35(39,40)41)32(46)45-13-10-29(23-30(45)19-24-5-2-1-3-6-24)43-16-14-42(15-17-43)28-8-11-44(12-9-28)33(47)31-7-4-18-48-31/h1-7,18,20-22,28-30H,8-17,19,23H2. The first-order chi connectivity index (χ1) is 22.9. The molecule has 6 rings (SSSR count). The number of nitrogens with zero attached hydrogens (tertiary/aromatic N) is 4. The summed E-state index contributed by atoms with van der Waals surface area (Å²) >= 11 is 1.46. The number of benzene rings is 2. The van der Waals surface area contributed by atoms with Crippen LogP contribution in [0, 0.1) is 0 Å². The molecule has 0 saturated carbocycles. The van der Waals surface area contributed by atoms with Crippen LogP contribution in [0.15, 0.2) is 66.0 Å². The highest BCUT2D eigenvalue weighted by Gasteiger charge is 2.40. The maximum Gasteiger partial charge on any atom is 0.416 e. The predicted molar refractivity (Wildman–Crippen MR) is 171 cm³/mol. The summed E-state index contributed by atoms with van der Waals surface area (Å²) in [6, 6.07) is 14.4. The molecule has 48 heavy (non-hydrogen) atoms. The van der Waals surface area contributed by atoms with Crippen molar-refractivity contribution < 1.29 is 35.9 Å². The fraction of sp³-hybridized carbons (Fsp3) is 0.486. The molecule has 3 aliphatic heterocycles. The van der Waals surface area contributed by atoms with Gasteiger partial charge in [-0.25, -0.2) is 0 Å². The third kappa shape index (κ3) is 7.89. The monoisotopic (exact) mass is 692 g/mol. The normalized spacial score (nSPS) is 22.2. The Balaban J connectivity index is 1.11. The highest BCUT2D eigenvalue weighted by molar-refractivity contribution is 7.12. The topological polar surface area (TPSA) is 47.1 Å². The summed E-state index contributed by atoms with van der Waals surface area (Å²) < 4.78 is 81.6. The van der Waals surface area contributed by atoms with Crippen molar-refractivity contribution in [2.45, 2.75) is 62.6 Å². The smallest absolute Gasteiger partial charge is 0.338 e. The lowest BCUT2D eigenvalue weighted by Crippen LogP contribution is -2.58. The van der Waals surface area contributed by atoms with Gasteiger partial charge in [0.1, 0.15) is 0 Å². The van der Waals surface area contributed by atoms with Gasteiger partial charge in [-0.3, -0.25) is 19.4 Å². The number of likely N-dealkylation sites (tertiary alicyclic amines) is 2. The highest BCUT2D eigenvalue weighted by atomic mass is 32.1. The van der Waals surface area contributed by atoms with Crippen molar-refractivity contribution >= 4 is 23.2 Å². The van der Waals surface area contributed by atoms with Gasteiger partial charge in [0.2, 0.25) is 0 Å². The van der Waals surface area contributed by atoms with E-state index >= 15 is 0 Å². The van der Waals surface area contributed by atoms with Gasteiger partial charge in [-0.1, -0.05) is 36.4 Å². The number of amides is 2. The van der Waals surface area contributed by atoms with Crippen LogP contribution >= 0.6 is 11.3 Å². The third-order valence-corrected chi connectivity index (χ3v) is 10.8. The van der Waals surface area contributed by atoms with E-state index in [2.05, 4.69) is 9.80 Å². The Morgan fingerprint density at radius 2 is 1.27 bits per heavy atom. The van der Waals surface area contributed by atoms with Crippen LogP contribution in [0.5, 0.6) is 0 Å². The van der Waals surface area contributed by atoms with E-state index in [1.165, 1.54) is 16.2 Å². The Bertz CT molecular complexity index is 1520. The van der Waals surface area contributed by atoms with Crippen LogP contribution in [0.1, 0.15) is 62.4 Å². The fourth-order valence-electron chi connectivity index (χ4n) is 7.41. The van der Waals surface area contributed by atoms with Gasteiger partial charge in [0.15, 0.2) is 0 Å². The summed E-state index contributed by atoms with van der Waals surface area (Å²) in [5, 5.41) is 1.91. The molecule has 0 N–H and O–H groups in total. The number of hydrogen-bond donors (Lipinski definition) is 0. The van der Waals surface area contributed by atoms with Crippen molar-refractivity contribution in [3.05, 3.63) is 93.2 Å². The first kappa shape index (κ1) is 34.4. The number of carbonyl (C=O) groups excluding carboxylic acids is 2. The Morgan fingerprint density at radius 3 is 1.83 bits per heavy atom. The largest absolute Gasteiger partial charge is 0.416 e. The molecule has 13 heteroatoms. The molecule has 258 valence electrons. The molecule has 2 aromatic carbocycles. The Kier molecular flexibility index (Phi) is 10.2. The summed E-state index contributed by atoms with van der Waals surface area (Å²) in [6.45, 7) is 5.08. The molecule has 3 saturated heterocycles. The molecule has 3 aromatic rings. The van der Waals surface area contributed by atoms with E-state index in [0.29, 0.717) is 37.4 Å². The van der Waals surface area contributed by atoms with Crippen LogP contribution < -0.4 is 0 Å². The summed E-state index contributed by atoms with van der Waals surface area (Å²) in [5.74, 6) is -0.725. The number of halogens is 6. The predicted octanol–water partition coefficient (Wildman–Crippen LogP) is 6.92. The minimum Gasteiger partial charge on any atom is -0.338 e. The Morgan fingerprint density at radius 1 is 0.688 bits per heavy atom. The van der Waals surface area contributed by atoms with Gasteiger partial charge in [0.05, 0.1) is 16.0 Å². The van der Waals surface area contributed by atoms with Crippen molar-refractivity contribution in [2.24, 2.45) is 0 Å². The zero-order chi connectivity index (χ0) is 34.1. The second-order valence-corrected chi connectivity index (χ2v) is 13.8. The molecule has 4 heterocycles. The van der Waals surface area contributed by atoms with E-state index in [4.69, 9.17) is 0 Å². The molecular formula is C35H38F6N4O2S. The van der Waals surface area contributed by atoms with Crippen LogP contribution in [0.3, 0.4) is 0 Å². The number of carbonyl (C=O) groups is 2. The van der Waals surface area contributed by atoms with Crippen molar-refractivity contribution in [3.8, 4) is 0 Å². The molecule has 0 radical (unpaired) electrons. The van der Waals surface area contributed by atoms with E-state index in [0.717, 1.165) is 62.6 Å². The SMILES string of the molecule is O=C(c1cccs1)N1CCC(N2CCN(C3CCN(C(=O)c4cc(C(F)(F)F)cc(C(F)(F)F)c4)C(Cc4ccccc4)C3)CC2)CC1. The van der Waals surface area contributed by atoms with Crippen LogP contribution in [0.2, 0.25) is 0 Å². The summed E-state index contributed by atoms with van der Waals surface area (Å²) in [6.07, 6.45) is -6.65. The quantitative estimate of drug-likeness (QED) is 0.263. The number of hydrogen-bond acceptors (Lipinski definition) is 5. The highest BCUT2D eigenvalue weighted by Crippen LogP contribution is 2.37. The molecule has 0 bridgehead atoms. The zero-order valence-electron chi connectivity index (χ0n) is 26.3. The minimum atomic E-state index is -5.03. The van der Waals surface area contributed by atoms with Crippen molar-refractivity contribution in [3.63, 3.8) is 0 Å². The maximum atomic E-state index is 13.7.